The second-order valence-electron chi connectivity index (χ2n) is 5.91. The topological polar surface area (TPSA) is 34.0 Å². The van der Waals surface area contributed by atoms with E-state index in [4.69, 9.17) is 0 Å². The average molecular weight is 346 g/mol. The highest BCUT2D eigenvalue weighted by Crippen LogP contribution is 2.29. The number of carbonyl (C=O) groups excluding carboxylic acids is 1. The molecule has 0 fully saturated rings. The van der Waals surface area contributed by atoms with E-state index >= 15 is 0 Å². The molecule has 6 heteroatoms. The van der Waals surface area contributed by atoms with Crippen molar-refractivity contribution in [1.29, 1.82) is 0 Å². The van der Waals surface area contributed by atoms with Crippen molar-refractivity contribution in [2.75, 3.05) is 0 Å². The van der Waals surface area contributed by atoms with Gasteiger partial charge in [-0.2, -0.15) is 13.2 Å². The zero-order valence-electron chi connectivity index (χ0n) is 13.6. The summed E-state index contributed by atoms with van der Waals surface area (Å²) in [5.41, 5.74) is 1.60. The normalized spacial score (nSPS) is 11.7. The summed E-state index contributed by atoms with van der Waals surface area (Å²) in [7, 11) is 0. The van der Waals surface area contributed by atoms with Gasteiger partial charge in [0.25, 0.3) is 0 Å². The van der Waals surface area contributed by atoms with Gasteiger partial charge in [0.05, 0.1) is 5.56 Å². The largest absolute Gasteiger partial charge is 0.416 e. The van der Waals surface area contributed by atoms with Crippen LogP contribution in [0.1, 0.15) is 16.8 Å². The van der Waals surface area contributed by atoms with Gasteiger partial charge >= 0.3 is 6.18 Å². The number of nitrogens with zero attached hydrogens (tertiary/aromatic N) is 1. The van der Waals surface area contributed by atoms with E-state index in [0.29, 0.717) is 5.56 Å². The molecule has 1 aromatic heterocycles. The van der Waals surface area contributed by atoms with Crippen LogP contribution in [-0.4, -0.2) is 10.5 Å². The smallest absolute Gasteiger partial charge is 0.350 e. The first-order valence-electron chi connectivity index (χ1n) is 7.82. The lowest BCUT2D eigenvalue weighted by Crippen LogP contribution is -2.27. The van der Waals surface area contributed by atoms with Crippen LogP contribution < -0.4 is 5.32 Å². The second kappa shape index (κ2) is 6.63. The van der Waals surface area contributed by atoms with Gasteiger partial charge < -0.3 is 9.88 Å². The van der Waals surface area contributed by atoms with Crippen molar-refractivity contribution in [3.05, 3.63) is 71.4 Å². The highest BCUT2D eigenvalue weighted by atomic mass is 19.4. The summed E-state index contributed by atoms with van der Waals surface area (Å²) in [5.74, 6) is -0.248. The van der Waals surface area contributed by atoms with E-state index in [-0.39, 0.29) is 19.0 Å². The molecule has 0 aliphatic rings. The summed E-state index contributed by atoms with van der Waals surface area (Å²) < 4.78 is 40.0. The predicted octanol–water partition coefficient (Wildman–Crippen LogP) is 4.28. The Hall–Kier alpha value is -2.76. The van der Waals surface area contributed by atoms with Crippen molar-refractivity contribution in [2.45, 2.75) is 26.2 Å². The van der Waals surface area contributed by atoms with Gasteiger partial charge in [0.2, 0.25) is 5.91 Å². The predicted molar refractivity (Wildman–Crippen MR) is 90.0 cm³/mol. The van der Waals surface area contributed by atoms with Crippen LogP contribution in [0.4, 0.5) is 13.2 Å². The van der Waals surface area contributed by atoms with Crippen LogP contribution >= 0.6 is 0 Å². The highest BCUT2D eigenvalue weighted by Gasteiger charge is 2.30. The molecular formula is C19H17F3N2O. The zero-order chi connectivity index (χ0) is 18.0. The molecular weight excluding hydrogens is 329 g/mol. The number of aryl methyl sites for hydroxylation is 1. The van der Waals surface area contributed by atoms with Crippen molar-refractivity contribution < 1.29 is 18.0 Å². The van der Waals surface area contributed by atoms with Crippen LogP contribution in [0.2, 0.25) is 0 Å². The second-order valence-corrected chi connectivity index (χ2v) is 5.91. The lowest BCUT2D eigenvalue weighted by atomic mass is 10.1. The fraction of sp³-hybridized carbons (Fsp3) is 0.211. The number of alkyl halides is 3. The number of rotatable bonds is 4. The molecule has 0 spiro atoms. The number of para-hydroxylation sites is 1. The lowest BCUT2D eigenvalue weighted by molar-refractivity contribution is -0.137. The highest BCUT2D eigenvalue weighted by molar-refractivity contribution is 5.84. The van der Waals surface area contributed by atoms with E-state index in [1.54, 1.807) is 6.07 Å². The van der Waals surface area contributed by atoms with Gasteiger partial charge in [-0.15, -0.1) is 0 Å². The Kier molecular flexibility index (Phi) is 4.53. The fourth-order valence-corrected chi connectivity index (χ4v) is 2.82. The fourth-order valence-electron chi connectivity index (χ4n) is 2.82. The van der Waals surface area contributed by atoms with Crippen LogP contribution in [0.3, 0.4) is 0 Å². The van der Waals surface area contributed by atoms with Crippen LogP contribution in [0.15, 0.2) is 54.6 Å². The summed E-state index contributed by atoms with van der Waals surface area (Å²) in [6, 6.07) is 14.7. The van der Waals surface area contributed by atoms with Gasteiger partial charge in [-0.1, -0.05) is 30.3 Å². The van der Waals surface area contributed by atoms with E-state index in [1.165, 1.54) is 6.07 Å². The van der Waals surface area contributed by atoms with Crippen molar-refractivity contribution in [3.8, 4) is 0 Å². The van der Waals surface area contributed by atoms with E-state index in [0.717, 1.165) is 28.7 Å². The Bertz CT molecular complexity index is 912. The summed E-state index contributed by atoms with van der Waals surface area (Å²) >= 11 is 0. The molecule has 2 aromatic carbocycles. The number of fused-ring (bicyclic) bond motifs is 1. The molecule has 0 saturated heterocycles. The molecule has 3 nitrogen and oxygen atoms in total. The molecule has 0 atom stereocenters. The maximum atomic E-state index is 12.7. The molecule has 0 radical (unpaired) electrons. The maximum absolute atomic E-state index is 12.7. The van der Waals surface area contributed by atoms with Gasteiger partial charge in [-0.25, -0.2) is 0 Å². The van der Waals surface area contributed by atoms with Crippen molar-refractivity contribution in [3.63, 3.8) is 0 Å². The standard InChI is InChI=1S/C19H17F3N2O/c1-13-9-15-6-2-3-8-17(15)24(13)12-18(25)23-11-14-5-4-7-16(10-14)19(20,21)22/h2-10H,11-12H2,1H3,(H,23,25). The van der Waals surface area contributed by atoms with Crippen molar-refractivity contribution in [1.82, 2.24) is 9.88 Å². The molecule has 1 heterocycles. The molecule has 0 aliphatic carbocycles. The molecule has 130 valence electrons. The van der Waals surface area contributed by atoms with Crippen molar-refractivity contribution in [2.24, 2.45) is 0 Å². The Morgan fingerprint density at radius 1 is 1.08 bits per heavy atom. The third-order valence-corrected chi connectivity index (χ3v) is 4.06. The minimum atomic E-state index is -4.39. The molecule has 25 heavy (non-hydrogen) atoms. The van der Waals surface area contributed by atoms with Crippen molar-refractivity contribution >= 4 is 16.8 Å². The van der Waals surface area contributed by atoms with E-state index in [2.05, 4.69) is 5.32 Å². The summed E-state index contributed by atoms with van der Waals surface area (Å²) in [6.07, 6.45) is -4.39. The molecule has 0 bridgehead atoms. The third kappa shape index (κ3) is 3.84. The quantitative estimate of drug-likeness (QED) is 0.751. The summed E-state index contributed by atoms with van der Waals surface area (Å²) in [6.45, 7) is 2.10. The molecule has 1 N–H and O–H groups in total. The molecule has 3 rings (SSSR count). The number of nitrogens with one attached hydrogen (secondary N) is 1. The summed E-state index contributed by atoms with van der Waals surface area (Å²) in [5, 5.41) is 3.73. The molecule has 0 unspecified atom stereocenters. The van der Waals surface area contributed by atoms with E-state index < -0.39 is 11.7 Å². The first-order valence-corrected chi connectivity index (χ1v) is 7.82. The van der Waals surface area contributed by atoms with Gasteiger partial charge in [0.1, 0.15) is 6.54 Å². The SMILES string of the molecule is Cc1cc2ccccc2n1CC(=O)NCc1cccc(C(F)(F)F)c1. The number of amides is 1. The van der Waals surface area contributed by atoms with Gasteiger partial charge in [-0.05, 0) is 42.1 Å². The molecule has 1 amide bonds. The monoisotopic (exact) mass is 346 g/mol. The Morgan fingerprint density at radius 2 is 1.84 bits per heavy atom. The van der Waals surface area contributed by atoms with Gasteiger partial charge in [0.15, 0.2) is 0 Å². The van der Waals surface area contributed by atoms with Crippen LogP contribution in [0, 0.1) is 6.92 Å². The molecule has 3 aromatic rings. The number of halogens is 3. The minimum absolute atomic E-state index is 0.0565. The molecule has 0 saturated carbocycles. The number of aromatic nitrogens is 1. The first-order chi connectivity index (χ1) is 11.8. The maximum Gasteiger partial charge on any atom is 0.416 e. The number of benzene rings is 2. The van der Waals surface area contributed by atoms with Gasteiger partial charge in [-0.3, -0.25) is 4.79 Å². The average Bonchev–Trinajstić information content (AvgIpc) is 2.88. The number of hydrogen-bond acceptors (Lipinski definition) is 1. The first kappa shape index (κ1) is 17.1. The Labute approximate surface area is 143 Å². The minimum Gasteiger partial charge on any atom is -0.350 e. The zero-order valence-corrected chi connectivity index (χ0v) is 13.6. The van der Waals surface area contributed by atoms with E-state index in [1.807, 2.05) is 41.8 Å². The van der Waals surface area contributed by atoms with Crippen LogP contribution in [0.5, 0.6) is 0 Å². The Balaban J connectivity index is 1.68. The number of hydrogen-bond donors (Lipinski definition) is 1. The van der Waals surface area contributed by atoms with Crippen LogP contribution in [0.25, 0.3) is 10.9 Å². The third-order valence-electron chi connectivity index (χ3n) is 4.06. The summed E-state index contributed by atoms with van der Waals surface area (Å²) in [4.78, 5) is 12.2. The van der Waals surface area contributed by atoms with Gasteiger partial charge in [0, 0.05) is 17.8 Å². The van der Waals surface area contributed by atoms with Crippen LogP contribution in [-0.2, 0) is 24.1 Å². The Morgan fingerprint density at radius 3 is 2.60 bits per heavy atom. The van der Waals surface area contributed by atoms with E-state index in [9.17, 15) is 18.0 Å². The molecule has 0 aliphatic heterocycles. The number of carbonyl (C=O) groups is 1. The lowest BCUT2D eigenvalue weighted by Gasteiger charge is -2.11.